The third-order valence-corrected chi connectivity index (χ3v) is 4.78. The number of nitrogens with one attached hydrogen (secondary N) is 1. The molecular formula is C18H13ClN4O5S. The van der Waals surface area contributed by atoms with Gasteiger partial charge in [-0.2, -0.15) is 0 Å². The van der Waals surface area contributed by atoms with Gasteiger partial charge in [-0.1, -0.05) is 23.4 Å². The van der Waals surface area contributed by atoms with Crippen LogP contribution < -0.4 is 5.32 Å². The van der Waals surface area contributed by atoms with Crippen LogP contribution in [0.15, 0.2) is 52.1 Å². The van der Waals surface area contributed by atoms with Crippen LogP contribution in [0.25, 0.3) is 11.5 Å². The van der Waals surface area contributed by atoms with E-state index in [9.17, 15) is 19.7 Å². The second kappa shape index (κ2) is 8.84. The molecule has 0 saturated heterocycles. The van der Waals surface area contributed by atoms with E-state index in [1.807, 2.05) is 0 Å². The van der Waals surface area contributed by atoms with Crippen LogP contribution in [0.1, 0.15) is 17.3 Å². The van der Waals surface area contributed by atoms with E-state index < -0.39 is 4.92 Å². The Morgan fingerprint density at radius 1 is 1.21 bits per heavy atom. The highest BCUT2D eigenvalue weighted by molar-refractivity contribution is 7.99. The van der Waals surface area contributed by atoms with Crippen LogP contribution in [0.5, 0.6) is 0 Å². The summed E-state index contributed by atoms with van der Waals surface area (Å²) in [6.07, 6.45) is 0. The second-order valence-electron chi connectivity index (χ2n) is 5.76. The topological polar surface area (TPSA) is 128 Å². The summed E-state index contributed by atoms with van der Waals surface area (Å²) in [5.41, 5.74) is 1.28. The third-order valence-electron chi connectivity index (χ3n) is 3.65. The molecule has 0 bridgehead atoms. The quantitative estimate of drug-likeness (QED) is 0.254. The van der Waals surface area contributed by atoms with Gasteiger partial charge in [0.05, 0.1) is 15.7 Å². The highest BCUT2D eigenvalue weighted by Crippen LogP contribution is 2.27. The van der Waals surface area contributed by atoms with Crippen LogP contribution >= 0.6 is 23.4 Å². The molecule has 0 aliphatic heterocycles. The van der Waals surface area contributed by atoms with Gasteiger partial charge in [-0.25, -0.2) is 0 Å². The number of thioether (sulfide) groups is 1. The standard InChI is InChI=1S/C18H13ClN4O5S/c1-10(24)20-12-4-2-11(3-5-12)17-21-22-18(28-17)29-9-16(25)14-7-6-13(23(26)27)8-15(14)19/h2-8H,9H2,1H3,(H,20,24). The van der Waals surface area contributed by atoms with E-state index in [1.54, 1.807) is 24.3 Å². The van der Waals surface area contributed by atoms with Gasteiger partial charge in [0.1, 0.15) is 0 Å². The molecule has 1 aromatic heterocycles. The highest BCUT2D eigenvalue weighted by Gasteiger charge is 2.17. The molecule has 29 heavy (non-hydrogen) atoms. The van der Waals surface area contributed by atoms with Crippen molar-refractivity contribution >= 4 is 46.4 Å². The first-order valence-corrected chi connectivity index (χ1v) is 9.51. The van der Waals surface area contributed by atoms with E-state index in [4.69, 9.17) is 16.0 Å². The maximum Gasteiger partial charge on any atom is 0.277 e. The predicted molar refractivity (Wildman–Crippen MR) is 107 cm³/mol. The molecular weight excluding hydrogens is 420 g/mol. The minimum absolute atomic E-state index is 0.00952. The highest BCUT2D eigenvalue weighted by atomic mass is 35.5. The number of ketones is 1. The first kappa shape index (κ1) is 20.5. The van der Waals surface area contributed by atoms with E-state index in [0.717, 1.165) is 17.8 Å². The summed E-state index contributed by atoms with van der Waals surface area (Å²) >= 11 is 7.00. The molecule has 0 spiro atoms. The van der Waals surface area contributed by atoms with Crippen LogP contribution in [0.2, 0.25) is 5.02 Å². The number of aromatic nitrogens is 2. The maximum atomic E-state index is 12.3. The molecule has 1 heterocycles. The predicted octanol–water partition coefficient (Wildman–Crippen LogP) is 4.23. The van der Waals surface area contributed by atoms with Crippen molar-refractivity contribution in [1.82, 2.24) is 10.2 Å². The van der Waals surface area contributed by atoms with Gasteiger partial charge in [0.15, 0.2) is 5.78 Å². The molecule has 148 valence electrons. The lowest BCUT2D eigenvalue weighted by Crippen LogP contribution is -2.05. The van der Waals surface area contributed by atoms with Crippen molar-refractivity contribution in [3.63, 3.8) is 0 Å². The molecule has 9 nitrogen and oxygen atoms in total. The molecule has 0 unspecified atom stereocenters. The summed E-state index contributed by atoms with van der Waals surface area (Å²) in [5.74, 6) is -0.260. The zero-order valence-corrected chi connectivity index (χ0v) is 16.5. The van der Waals surface area contributed by atoms with Gasteiger partial charge >= 0.3 is 0 Å². The lowest BCUT2D eigenvalue weighted by molar-refractivity contribution is -0.384. The van der Waals surface area contributed by atoms with Crippen molar-refractivity contribution in [2.24, 2.45) is 0 Å². The Labute approximate surface area is 173 Å². The van der Waals surface area contributed by atoms with Crippen molar-refractivity contribution < 1.29 is 18.9 Å². The Kier molecular flexibility index (Phi) is 6.25. The number of hydrogen-bond acceptors (Lipinski definition) is 8. The van der Waals surface area contributed by atoms with Crippen molar-refractivity contribution in [2.75, 3.05) is 11.1 Å². The number of nitro benzene ring substituents is 1. The largest absolute Gasteiger partial charge is 0.411 e. The van der Waals surface area contributed by atoms with E-state index in [0.29, 0.717) is 11.3 Å². The minimum atomic E-state index is -0.586. The number of Topliss-reactive ketones (excluding diaryl/α,β-unsaturated/α-hetero) is 1. The molecule has 0 aliphatic carbocycles. The summed E-state index contributed by atoms with van der Waals surface area (Å²) in [7, 11) is 0. The number of rotatable bonds is 7. The number of non-ortho nitro benzene ring substituents is 1. The number of hydrogen-bond donors (Lipinski definition) is 1. The van der Waals surface area contributed by atoms with Crippen molar-refractivity contribution in [1.29, 1.82) is 0 Å². The Balaban J connectivity index is 1.64. The average Bonchev–Trinajstić information content (AvgIpc) is 3.15. The zero-order chi connectivity index (χ0) is 21.0. The molecule has 2 aromatic carbocycles. The Hall–Kier alpha value is -3.24. The van der Waals surface area contributed by atoms with Gasteiger partial charge < -0.3 is 9.73 Å². The number of anilines is 1. The zero-order valence-electron chi connectivity index (χ0n) is 14.9. The average molecular weight is 433 g/mol. The smallest absolute Gasteiger partial charge is 0.277 e. The molecule has 0 aliphatic rings. The fraction of sp³-hybridized carbons (Fsp3) is 0.111. The van der Waals surface area contributed by atoms with Crippen LogP contribution in [-0.2, 0) is 4.79 Å². The number of nitrogens with zero attached hydrogens (tertiary/aromatic N) is 3. The van der Waals surface area contributed by atoms with Gasteiger partial charge in [-0.15, -0.1) is 10.2 Å². The summed E-state index contributed by atoms with van der Waals surface area (Å²) in [6, 6.07) is 10.5. The molecule has 11 heteroatoms. The fourth-order valence-corrected chi connectivity index (χ4v) is 3.26. The molecule has 0 atom stereocenters. The van der Waals surface area contributed by atoms with Gasteiger partial charge in [0, 0.05) is 35.9 Å². The Bertz CT molecular complexity index is 1080. The molecule has 3 aromatic rings. The fourth-order valence-electron chi connectivity index (χ4n) is 2.33. The van der Waals surface area contributed by atoms with Gasteiger partial charge in [-0.05, 0) is 30.3 Å². The lowest BCUT2D eigenvalue weighted by atomic mass is 10.1. The van der Waals surface area contributed by atoms with E-state index >= 15 is 0 Å². The van der Waals surface area contributed by atoms with E-state index in [2.05, 4.69) is 15.5 Å². The number of carbonyl (C=O) groups is 2. The van der Waals surface area contributed by atoms with E-state index in [-0.39, 0.29) is 44.8 Å². The van der Waals surface area contributed by atoms with Crippen molar-refractivity contribution in [3.05, 3.63) is 63.2 Å². The maximum absolute atomic E-state index is 12.3. The van der Waals surface area contributed by atoms with Gasteiger partial charge in [0.2, 0.25) is 11.8 Å². The summed E-state index contributed by atoms with van der Waals surface area (Å²) < 4.78 is 5.54. The first-order valence-electron chi connectivity index (χ1n) is 8.15. The van der Waals surface area contributed by atoms with Crippen LogP contribution in [0.4, 0.5) is 11.4 Å². The molecule has 1 N–H and O–H groups in total. The molecule has 3 rings (SSSR count). The minimum Gasteiger partial charge on any atom is -0.411 e. The van der Waals surface area contributed by atoms with Crippen molar-refractivity contribution in [3.8, 4) is 11.5 Å². The number of halogens is 1. The monoisotopic (exact) mass is 432 g/mol. The lowest BCUT2D eigenvalue weighted by Gasteiger charge is -2.02. The summed E-state index contributed by atoms with van der Waals surface area (Å²) in [5, 5.41) is 21.4. The summed E-state index contributed by atoms with van der Waals surface area (Å²) in [6.45, 7) is 1.42. The molecule has 0 fully saturated rings. The van der Waals surface area contributed by atoms with Gasteiger partial charge in [-0.3, -0.25) is 19.7 Å². The number of carbonyl (C=O) groups excluding carboxylic acids is 2. The molecule has 1 amide bonds. The van der Waals surface area contributed by atoms with E-state index in [1.165, 1.54) is 19.1 Å². The van der Waals surface area contributed by atoms with Crippen LogP contribution in [0.3, 0.4) is 0 Å². The van der Waals surface area contributed by atoms with Crippen molar-refractivity contribution in [2.45, 2.75) is 12.1 Å². The number of amides is 1. The van der Waals surface area contributed by atoms with Gasteiger partial charge in [0.25, 0.3) is 10.9 Å². The van der Waals surface area contributed by atoms with Crippen LogP contribution in [-0.4, -0.2) is 32.6 Å². The first-order chi connectivity index (χ1) is 13.8. The Morgan fingerprint density at radius 2 is 1.93 bits per heavy atom. The molecule has 0 saturated carbocycles. The normalized spacial score (nSPS) is 10.6. The third kappa shape index (κ3) is 5.18. The van der Waals surface area contributed by atoms with Crippen LogP contribution in [0, 0.1) is 10.1 Å². The number of nitro groups is 1. The second-order valence-corrected chi connectivity index (χ2v) is 7.10. The summed E-state index contributed by atoms with van der Waals surface area (Å²) in [4.78, 5) is 33.5. The number of benzene rings is 2. The Morgan fingerprint density at radius 3 is 2.55 bits per heavy atom. The SMILES string of the molecule is CC(=O)Nc1ccc(-c2nnc(SCC(=O)c3ccc([N+](=O)[O-])cc3Cl)o2)cc1. The molecule has 0 radical (unpaired) electrons.